The Morgan fingerprint density at radius 3 is 1.79 bits per heavy atom. The van der Waals surface area contributed by atoms with Crippen LogP contribution in [-0.2, 0) is 9.53 Å². The third kappa shape index (κ3) is 10.9. The average Bonchev–Trinajstić information content (AvgIpc) is 2.74. The molecule has 0 amide bonds. The number of rotatable bonds is 15. The van der Waals surface area contributed by atoms with Crippen molar-refractivity contribution in [2.45, 2.75) is 135 Å². The van der Waals surface area contributed by atoms with Gasteiger partial charge >= 0.3 is 5.97 Å². The highest BCUT2D eigenvalue weighted by Gasteiger charge is 2.27. The molecule has 170 valence electrons. The molecule has 0 bridgehead atoms. The summed E-state index contributed by atoms with van der Waals surface area (Å²) in [5.41, 5.74) is 0. The molecule has 3 heteroatoms. The maximum absolute atomic E-state index is 11.1. The Morgan fingerprint density at radius 1 is 0.724 bits per heavy atom. The molecule has 2 fully saturated rings. The van der Waals surface area contributed by atoms with Crippen molar-refractivity contribution in [1.82, 2.24) is 0 Å². The van der Waals surface area contributed by atoms with Crippen molar-refractivity contribution < 1.29 is 14.6 Å². The smallest absolute Gasteiger partial charge is 0.306 e. The lowest BCUT2D eigenvalue weighted by Crippen LogP contribution is -2.27. The van der Waals surface area contributed by atoms with E-state index < -0.39 is 5.97 Å². The molecule has 1 N–H and O–H groups in total. The summed E-state index contributed by atoms with van der Waals surface area (Å²) in [6, 6.07) is 0. The summed E-state index contributed by atoms with van der Waals surface area (Å²) in [4.78, 5) is 11.1. The van der Waals surface area contributed by atoms with Crippen LogP contribution in [0.2, 0.25) is 0 Å². The Morgan fingerprint density at radius 2 is 1.24 bits per heavy atom. The number of carboxylic acid groups (broad SMARTS) is 1. The van der Waals surface area contributed by atoms with Crippen molar-refractivity contribution in [2.24, 2.45) is 17.8 Å². The number of aliphatic carboxylic acids is 1. The molecule has 0 unspecified atom stereocenters. The maximum atomic E-state index is 11.1. The first-order valence-corrected chi connectivity index (χ1v) is 13.0. The van der Waals surface area contributed by atoms with Gasteiger partial charge in [-0.2, -0.15) is 0 Å². The van der Waals surface area contributed by atoms with Crippen LogP contribution >= 0.6 is 0 Å². The van der Waals surface area contributed by atoms with Crippen molar-refractivity contribution in [3.63, 3.8) is 0 Å². The van der Waals surface area contributed by atoms with Gasteiger partial charge in [-0.05, 0) is 63.2 Å². The SMILES string of the molecule is CCCCCCCCCCCCC1CCC(OCC2CCC(C(=O)O)CC2)CC1. The van der Waals surface area contributed by atoms with Gasteiger partial charge in [-0.15, -0.1) is 0 Å². The van der Waals surface area contributed by atoms with Crippen LogP contribution in [0.5, 0.6) is 0 Å². The third-order valence-electron chi connectivity index (χ3n) is 7.52. The van der Waals surface area contributed by atoms with E-state index in [4.69, 9.17) is 9.84 Å². The molecule has 0 aromatic carbocycles. The maximum Gasteiger partial charge on any atom is 0.306 e. The largest absolute Gasteiger partial charge is 0.481 e. The van der Waals surface area contributed by atoms with E-state index in [9.17, 15) is 4.79 Å². The Hall–Kier alpha value is -0.570. The van der Waals surface area contributed by atoms with Gasteiger partial charge in [0.2, 0.25) is 0 Å². The zero-order valence-corrected chi connectivity index (χ0v) is 19.2. The van der Waals surface area contributed by atoms with E-state index >= 15 is 0 Å². The van der Waals surface area contributed by atoms with Gasteiger partial charge in [0.25, 0.3) is 0 Å². The van der Waals surface area contributed by atoms with E-state index in [1.807, 2.05) is 0 Å². The van der Waals surface area contributed by atoms with Gasteiger partial charge in [0.05, 0.1) is 12.0 Å². The fraction of sp³-hybridized carbons (Fsp3) is 0.962. The fourth-order valence-corrected chi connectivity index (χ4v) is 5.36. The molecule has 0 radical (unpaired) electrons. The number of unbranched alkanes of at least 4 members (excludes halogenated alkanes) is 9. The second-order valence-corrected chi connectivity index (χ2v) is 10.0. The van der Waals surface area contributed by atoms with E-state index in [1.54, 1.807) is 0 Å². The first-order valence-electron chi connectivity index (χ1n) is 13.0. The number of hydrogen-bond acceptors (Lipinski definition) is 2. The minimum atomic E-state index is -0.606. The zero-order valence-electron chi connectivity index (χ0n) is 19.2. The van der Waals surface area contributed by atoms with E-state index in [0.717, 1.165) is 38.2 Å². The van der Waals surface area contributed by atoms with E-state index in [2.05, 4.69) is 6.92 Å². The van der Waals surface area contributed by atoms with Crippen molar-refractivity contribution in [1.29, 1.82) is 0 Å². The first kappa shape index (κ1) is 24.7. The van der Waals surface area contributed by atoms with Gasteiger partial charge in [0.15, 0.2) is 0 Å². The summed E-state index contributed by atoms with van der Waals surface area (Å²) in [5.74, 6) is 0.822. The van der Waals surface area contributed by atoms with E-state index in [-0.39, 0.29) is 5.92 Å². The number of carbonyl (C=O) groups is 1. The molecule has 0 heterocycles. The minimum Gasteiger partial charge on any atom is -0.481 e. The van der Waals surface area contributed by atoms with Gasteiger partial charge in [-0.25, -0.2) is 0 Å². The Bertz CT molecular complexity index is 406. The van der Waals surface area contributed by atoms with Crippen molar-refractivity contribution >= 4 is 5.97 Å². The normalized spacial score (nSPS) is 27.8. The average molecular weight is 409 g/mol. The first-order chi connectivity index (χ1) is 14.2. The molecule has 0 aromatic heterocycles. The summed E-state index contributed by atoms with van der Waals surface area (Å²) in [6.45, 7) is 3.15. The molecular formula is C26H48O3. The van der Waals surface area contributed by atoms with Crippen LogP contribution in [0.1, 0.15) is 129 Å². The lowest BCUT2D eigenvalue weighted by Gasteiger charge is -2.31. The molecule has 2 saturated carbocycles. The van der Waals surface area contributed by atoms with Crippen molar-refractivity contribution in [2.75, 3.05) is 6.61 Å². The fourth-order valence-electron chi connectivity index (χ4n) is 5.36. The highest BCUT2D eigenvalue weighted by molar-refractivity contribution is 5.69. The van der Waals surface area contributed by atoms with Gasteiger partial charge < -0.3 is 9.84 Å². The third-order valence-corrected chi connectivity index (χ3v) is 7.52. The van der Waals surface area contributed by atoms with E-state index in [1.165, 1.54) is 96.3 Å². The molecule has 0 atom stereocenters. The monoisotopic (exact) mass is 408 g/mol. The second-order valence-electron chi connectivity index (χ2n) is 10.0. The summed E-state index contributed by atoms with van der Waals surface area (Å²) >= 11 is 0. The van der Waals surface area contributed by atoms with Crippen LogP contribution in [0.25, 0.3) is 0 Å². The van der Waals surface area contributed by atoms with Crippen molar-refractivity contribution in [3.05, 3.63) is 0 Å². The standard InChI is InChI=1S/C26H48O3/c1-2-3-4-5-6-7-8-9-10-11-12-22-15-19-25(20-16-22)29-21-23-13-17-24(18-14-23)26(27)28/h22-25H,2-21H2,1H3,(H,27,28). The molecule has 2 aliphatic rings. The number of carboxylic acids is 1. The Labute approximate surface area is 180 Å². The van der Waals surface area contributed by atoms with Crippen LogP contribution in [0.4, 0.5) is 0 Å². The molecule has 29 heavy (non-hydrogen) atoms. The molecule has 0 saturated heterocycles. The summed E-state index contributed by atoms with van der Waals surface area (Å²) in [6.07, 6.45) is 25.2. The summed E-state index contributed by atoms with van der Waals surface area (Å²) < 4.78 is 6.22. The molecule has 3 nitrogen and oxygen atoms in total. The highest BCUT2D eigenvalue weighted by atomic mass is 16.5. The van der Waals surface area contributed by atoms with Crippen LogP contribution < -0.4 is 0 Å². The highest BCUT2D eigenvalue weighted by Crippen LogP contribution is 2.33. The Balaban J connectivity index is 1.39. The number of ether oxygens (including phenoxy) is 1. The lowest BCUT2D eigenvalue weighted by molar-refractivity contribution is -0.143. The predicted molar refractivity (Wildman–Crippen MR) is 121 cm³/mol. The van der Waals surface area contributed by atoms with E-state index in [0.29, 0.717) is 12.0 Å². The van der Waals surface area contributed by atoms with Crippen LogP contribution in [0.3, 0.4) is 0 Å². The number of hydrogen-bond donors (Lipinski definition) is 1. The van der Waals surface area contributed by atoms with Crippen LogP contribution in [0, 0.1) is 17.8 Å². The molecule has 0 spiro atoms. The molecule has 0 aliphatic heterocycles. The molecule has 2 aliphatic carbocycles. The van der Waals surface area contributed by atoms with Crippen LogP contribution in [-0.4, -0.2) is 23.8 Å². The Kier molecular flexibility index (Phi) is 13.0. The lowest BCUT2D eigenvalue weighted by atomic mass is 9.82. The predicted octanol–water partition coefficient (Wildman–Crippen LogP) is 7.76. The summed E-state index contributed by atoms with van der Waals surface area (Å²) in [5, 5.41) is 9.10. The van der Waals surface area contributed by atoms with Gasteiger partial charge in [-0.1, -0.05) is 77.6 Å². The van der Waals surface area contributed by atoms with Gasteiger partial charge in [0, 0.05) is 6.61 Å². The minimum absolute atomic E-state index is 0.104. The molecule has 0 aromatic rings. The zero-order chi connectivity index (χ0) is 20.7. The molecular weight excluding hydrogens is 360 g/mol. The van der Waals surface area contributed by atoms with Gasteiger partial charge in [-0.3, -0.25) is 4.79 Å². The molecule has 2 rings (SSSR count). The summed E-state index contributed by atoms with van der Waals surface area (Å²) in [7, 11) is 0. The van der Waals surface area contributed by atoms with Crippen molar-refractivity contribution in [3.8, 4) is 0 Å². The van der Waals surface area contributed by atoms with Crippen LogP contribution in [0.15, 0.2) is 0 Å². The van der Waals surface area contributed by atoms with Gasteiger partial charge in [0.1, 0.15) is 0 Å². The topological polar surface area (TPSA) is 46.5 Å². The second kappa shape index (κ2) is 15.3. The quantitative estimate of drug-likeness (QED) is 0.282.